The Labute approximate surface area is 129 Å². The van der Waals surface area contributed by atoms with Crippen molar-refractivity contribution in [2.24, 2.45) is 0 Å². The molecule has 2 rings (SSSR count). The van der Waals surface area contributed by atoms with E-state index in [0.717, 1.165) is 11.3 Å². The van der Waals surface area contributed by atoms with Gasteiger partial charge in [0.2, 0.25) is 0 Å². The molecule has 0 atom stereocenters. The summed E-state index contributed by atoms with van der Waals surface area (Å²) in [5, 5.41) is 0.385. The lowest BCUT2D eigenvalue weighted by atomic mass is 10.1. The summed E-state index contributed by atoms with van der Waals surface area (Å²) < 4.78 is 5.18. The van der Waals surface area contributed by atoms with E-state index in [1.54, 1.807) is 37.3 Å². The van der Waals surface area contributed by atoms with Crippen LogP contribution in [0.5, 0.6) is 5.75 Å². The molecule has 0 bridgehead atoms. The molecule has 0 saturated heterocycles. The molecule has 0 saturated carbocycles. The first kappa shape index (κ1) is 15.2. The van der Waals surface area contributed by atoms with Crippen molar-refractivity contribution in [1.29, 1.82) is 0 Å². The lowest BCUT2D eigenvalue weighted by Crippen LogP contribution is -2.27. The lowest BCUT2D eigenvalue weighted by Gasteiger charge is -2.19. The number of carbonyl (C=O) groups excluding carboxylic acids is 1. The van der Waals surface area contributed by atoms with Crippen LogP contribution in [0.25, 0.3) is 0 Å². The van der Waals surface area contributed by atoms with Crippen molar-refractivity contribution in [3.63, 3.8) is 0 Å². The monoisotopic (exact) mass is 304 g/mol. The number of benzene rings is 2. The fourth-order valence-electron chi connectivity index (χ4n) is 2.05. The topological polar surface area (TPSA) is 55.6 Å². The Balaban J connectivity index is 2.17. The number of amides is 1. The normalized spacial score (nSPS) is 10.2. The van der Waals surface area contributed by atoms with Crippen LogP contribution in [0.15, 0.2) is 42.5 Å². The molecule has 0 aliphatic heterocycles. The average Bonchev–Trinajstić information content (AvgIpc) is 2.49. The molecule has 1 amide bonds. The summed E-state index contributed by atoms with van der Waals surface area (Å²) in [5.41, 5.74) is 7.56. The van der Waals surface area contributed by atoms with E-state index < -0.39 is 0 Å². The first-order valence-corrected chi connectivity index (χ1v) is 6.83. The second kappa shape index (κ2) is 6.50. The summed E-state index contributed by atoms with van der Waals surface area (Å²) in [6.07, 6.45) is 0. The zero-order valence-corrected chi connectivity index (χ0v) is 12.7. The van der Waals surface area contributed by atoms with Gasteiger partial charge in [-0.05, 0) is 29.8 Å². The van der Waals surface area contributed by atoms with Gasteiger partial charge in [0.25, 0.3) is 5.91 Å². The maximum Gasteiger partial charge on any atom is 0.256 e. The van der Waals surface area contributed by atoms with Crippen molar-refractivity contribution < 1.29 is 9.53 Å². The van der Waals surface area contributed by atoms with Gasteiger partial charge in [-0.2, -0.15) is 0 Å². The maximum absolute atomic E-state index is 12.4. The third-order valence-corrected chi connectivity index (χ3v) is 3.51. The summed E-state index contributed by atoms with van der Waals surface area (Å²) in [6, 6.07) is 12.6. The van der Waals surface area contributed by atoms with E-state index in [2.05, 4.69) is 0 Å². The Morgan fingerprint density at radius 1 is 1.29 bits per heavy atom. The molecule has 0 unspecified atom stereocenters. The predicted molar refractivity (Wildman–Crippen MR) is 84.7 cm³/mol. The number of ether oxygens (including phenoxy) is 1. The minimum atomic E-state index is -0.169. The van der Waals surface area contributed by atoms with Crippen LogP contribution in [-0.4, -0.2) is 25.0 Å². The SMILES string of the molecule is COc1cccc(CN(C)C(=O)c2cccc(Cl)c2N)c1. The van der Waals surface area contributed by atoms with Crippen molar-refractivity contribution in [3.05, 3.63) is 58.6 Å². The van der Waals surface area contributed by atoms with Crippen molar-refractivity contribution in [2.75, 3.05) is 19.9 Å². The molecule has 0 spiro atoms. The van der Waals surface area contributed by atoms with Crippen LogP contribution in [0, 0.1) is 0 Å². The largest absolute Gasteiger partial charge is 0.497 e. The Morgan fingerprint density at radius 2 is 2.00 bits per heavy atom. The molecular formula is C16H17ClN2O2. The molecule has 0 aliphatic carbocycles. The summed E-state index contributed by atoms with van der Waals surface area (Å²) in [7, 11) is 3.34. The highest BCUT2D eigenvalue weighted by atomic mass is 35.5. The third kappa shape index (κ3) is 3.47. The summed E-state index contributed by atoms with van der Waals surface area (Å²) in [5.74, 6) is 0.591. The van der Waals surface area contributed by atoms with E-state index in [-0.39, 0.29) is 5.91 Å². The van der Waals surface area contributed by atoms with Gasteiger partial charge in [0.05, 0.1) is 23.4 Å². The molecule has 110 valence electrons. The number of nitrogen functional groups attached to an aromatic ring is 1. The van der Waals surface area contributed by atoms with Crippen molar-refractivity contribution in [3.8, 4) is 5.75 Å². The van der Waals surface area contributed by atoms with Crippen molar-refractivity contribution in [1.82, 2.24) is 4.90 Å². The zero-order valence-electron chi connectivity index (χ0n) is 12.0. The van der Waals surface area contributed by atoms with Crippen LogP contribution in [0.3, 0.4) is 0 Å². The fraction of sp³-hybridized carbons (Fsp3) is 0.188. The second-order valence-electron chi connectivity index (χ2n) is 4.71. The smallest absolute Gasteiger partial charge is 0.256 e. The van der Waals surface area contributed by atoms with Gasteiger partial charge in [-0.25, -0.2) is 0 Å². The van der Waals surface area contributed by atoms with Crippen molar-refractivity contribution in [2.45, 2.75) is 6.54 Å². The van der Waals surface area contributed by atoms with Gasteiger partial charge in [0.15, 0.2) is 0 Å². The zero-order chi connectivity index (χ0) is 15.4. The van der Waals surface area contributed by atoms with E-state index in [4.69, 9.17) is 22.1 Å². The first-order chi connectivity index (χ1) is 10.0. The molecule has 5 heteroatoms. The van der Waals surface area contributed by atoms with Gasteiger partial charge in [-0.3, -0.25) is 4.79 Å². The van der Waals surface area contributed by atoms with Gasteiger partial charge in [0, 0.05) is 13.6 Å². The highest BCUT2D eigenvalue weighted by Crippen LogP contribution is 2.24. The van der Waals surface area contributed by atoms with Crippen LogP contribution >= 0.6 is 11.6 Å². The van der Waals surface area contributed by atoms with E-state index in [0.29, 0.717) is 22.8 Å². The average molecular weight is 305 g/mol. The Morgan fingerprint density at radius 3 is 2.71 bits per heavy atom. The first-order valence-electron chi connectivity index (χ1n) is 6.45. The number of anilines is 1. The van der Waals surface area contributed by atoms with Gasteiger partial charge in [-0.15, -0.1) is 0 Å². The lowest BCUT2D eigenvalue weighted by molar-refractivity contribution is 0.0786. The minimum Gasteiger partial charge on any atom is -0.497 e. The molecule has 4 nitrogen and oxygen atoms in total. The number of rotatable bonds is 4. The molecule has 0 fully saturated rings. The number of para-hydroxylation sites is 1. The minimum absolute atomic E-state index is 0.169. The van der Waals surface area contributed by atoms with E-state index >= 15 is 0 Å². The predicted octanol–water partition coefficient (Wildman–Crippen LogP) is 3.20. The van der Waals surface area contributed by atoms with Crippen molar-refractivity contribution >= 4 is 23.2 Å². The third-order valence-electron chi connectivity index (χ3n) is 3.18. The molecule has 0 aromatic heterocycles. The van der Waals surface area contributed by atoms with E-state index in [1.165, 1.54) is 0 Å². The van der Waals surface area contributed by atoms with Gasteiger partial charge < -0.3 is 15.4 Å². The Hall–Kier alpha value is -2.20. The highest BCUT2D eigenvalue weighted by Gasteiger charge is 2.16. The summed E-state index contributed by atoms with van der Waals surface area (Å²) in [4.78, 5) is 14.0. The molecule has 2 aromatic rings. The second-order valence-corrected chi connectivity index (χ2v) is 5.12. The highest BCUT2D eigenvalue weighted by molar-refractivity contribution is 6.33. The Bertz CT molecular complexity index is 658. The van der Waals surface area contributed by atoms with Crippen LogP contribution < -0.4 is 10.5 Å². The molecule has 0 radical (unpaired) electrons. The standard InChI is InChI=1S/C16H17ClN2O2/c1-19(10-11-5-3-6-12(9-11)21-2)16(20)13-7-4-8-14(17)15(13)18/h3-9H,10,18H2,1-2H3. The fourth-order valence-corrected chi connectivity index (χ4v) is 2.22. The summed E-state index contributed by atoms with van der Waals surface area (Å²) >= 11 is 5.95. The Kier molecular flexibility index (Phi) is 4.70. The molecule has 2 N–H and O–H groups in total. The number of hydrogen-bond donors (Lipinski definition) is 1. The van der Waals surface area contributed by atoms with Gasteiger partial charge in [0.1, 0.15) is 5.75 Å². The molecule has 2 aromatic carbocycles. The molecule has 0 heterocycles. The summed E-state index contributed by atoms with van der Waals surface area (Å²) in [6.45, 7) is 0.460. The maximum atomic E-state index is 12.4. The number of methoxy groups -OCH3 is 1. The van der Waals surface area contributed by atoms with Crippen LogP contribution in [0.4, 0.5) is 5.69 Å². The number of hydrogen-bond acceptors (Lipinski definition) is 3. The van der Waals surface area contributed by atoms with E-state index in [9.17, 15) is 4.79 Å². The van der Waals surface area contributed by atoms with Crippen LogP contribution in [0.2, 0.25) is 5.02 Å². The molecule has 21 heavy (non-hydrogen) atoms. The number of halogens is 1. The van der Waals surface area contributed by atoms with Gasteiger partial charge >= 0.3 is 0 Å². The van der Waals surface area contributed by atoms with E-state index in [1.807, 2.05) is 24.3 Å². The quantitative estimate of drug-likeness (QED) is 0.883. The van der Waals surface area contributed by atoms with Crippen LogP contribution in [-0.2, 0) is 6.54 Å². The number of nitrogens with two attached hydrogens (primary N) is 1. The van der Waals surface area contributed by atoms with Gasteiger partial charge in [-0.1, -0.05) is 29.8 Å². The molecule has 0 aliphatic rings. The molecular weight excluding hydrogens is 288 g/mol. The number of carbonyl (C=O) groups is 1. The van der Waals surface area contributed by atoms with Crippen LogP contribution in [0.1, 0.15) is 15.9 Å². The number of nitrogens with zero attached hydrogens (tertiary/aromatic N) is 1.